The molecule has 2 nitrogen and oxygen atoms in total. The summed E-state index contributed by atoms with van der Waals surface area (Å²) < 4.78 is 43.0. The molecule has 106 valence electrons. The second-order valence-electron chi connectivity index (χ2n) is 4.12. The number of rotatable bonds is 3. The number of ether oxygens (including phenoxy) is 1. The van der Waals surface area contributed by atoms with Crippen molar-refractivity contribution < 1.29 is 17.9 Å². The van der Waals surface area contributed by atoms with Crippen LogP contribution in [0.5, 0.6) is 5.75 Å². The van der Waals surface area contributed by atoms with Gasteiger partial charge in [0.2, 0.25) is 0 Å². The third-order valence-corrected chi connectivity index (χ3v) is 3.05. The Morgan fingerprint density at radius 2 is 1.80 bits per heavy atom. The second-order valence-corrected chi connectivity index (χ2v) is 4.53. The van der Waals surface area contributed by atoms with Gasteiger partial charge >= 0.3 is 6.18 Å². The zero-order chi connectivity index (χ0) is 14.8. The van der Waals surface area contributed by atoms with Crippen LogP contribution in [0.25, 0.3) is 0 Å². The number of nitrogen functional groups attached to an aromatic ring is 1. The topological polar surface area (TPSA) is 35.2 Å². The van der Waals surface area contributed by atoms with Gasteiger partial charge in [-0.1, -0.05) is 23.7 Å². The summed E-state index contributed by atoms with van der Waals surface area (Å²) in [6, 6.07) is 9.63. The van der Waals surface area contributed by atoms with E-state index in [1.54, 1.807) is 18.2 Å². The molecular formula is C14H11ClF3NO. The number of hydrogen-bond donors (Lipinski definition) is 1. The lowest BCUT2D eigenvalue weighted by Crippen LogP contribution is -2.06. The molecule has 0 spiro atoms. The van der Waals surface area contributed by atoms with Gasteiger partial charge in [-0.3, -0.25) is 0 Å². The predicted octanol–water partition coefficient (Wildman–Crippen LogP) is 4.52. The predicted molar refractivity (Wildman–Crippen MR) is 71.6 cm³/mol. The van der Waals surface area contributed by atoms with E-state index in [0.29, 0.717) is 16.3 Å². The van der Waals surface area contributed by atoms with Gasteiger partial charge in [0.05, 0.1) is 5.56 Å². The Morgan fingerprint density at radius 1 is 1.10 bits per heavy atom. The SMILES string of the molecule is Nc1cccc(Cl)c1COc1cccc(C(F)(F)F)c1. The van der Waals surface area contributed by atoms with Gasteiger partial charge in [0.25, 0.3) is 0 Å². The molecular weight excluding hydrogens is 291 g/mol. The van der Waals surface area contributed by atoms with Crippen LogP contribution < -0.4 is 10.5 Å². The molecule has 0 aliphatic carbocycles. The average Bonchev–Trinajstić information content (AvgIpc) is 2.37. The molecule has 0 fully saturated rings. The summed E-state index contributed by atoms with van der Waals surface area (Å²) in [5.41, 5.74) is 5.96. The first kappa shape index (κ1) is 14.5. The van der Waals surface area contributed by atoms with Gasteiger partial charge in [0, 0.05) is 16.3 Å². The summed E-state index contributed by atoms with van der Waals surface area (Å²) in [6.45, 7) is 0.00676. The lowest BCUT2D eigenvalue weighted by atomic mass is 10.2. The zero-order valence-electron chi connectivity index (χ0n) is 10.2. The summed E-state index contributed by atoms with van der Waals surface area (Å²) in [5, 5.41) is 0.414. The van der Waals surface area contributed by atoms with E-state index in [1.807, 2.05) is 0 Å². The quantitative estimate of drug-likeness (QED) is 0.846. The molecule has 6 heteroatoms. The maximum atomic E-state index is 12.6. The molecule has 2 rings (SSSR count). The molecule has 0 aliphatic rings. The molecule has 0 bridgehead atoms. The van der Waals surface area contributed by atoms with E-state index in [9.17, 15) is 13.2 Å². The molecule has 0 aromatic heterocycles. The Balaban J connectivity index is 2.16. The van der Waals surface area contributed by atoms with Crippen LogP contribution in [0.4, 0.5) is 18.9 Å². The van der Waals surface area contributed by atoms with Crippen LogP contribution in [0, 0.1) is 0 Å². The van der Waals surface area contributed by atoms with Gasteiger partial charge in [-0.2, -0.15) is 13.2 Å². The smallest absolute Gasteiger partial charge is 0.416 e. The normalized spacial score (nSPS) is 11.4. The molecule has 0 radical (unpaired) electrons. The first-order valence-electron chi connectivity index (χ1n) is 5.71. The van der Waals surface area contributed by atoms with E-state index in [2.05, 4.69) is 0 Å². The van der Waals surface area contributed by atoms with Crippen molar-refractivity contribution in [1.82, 2.24) is 0 Å². The van der Waals surface area contributed by atoms with Gasteiger partial charge in [0.15, 0.2) is 0 Å². The van der Waals surface area contributed by atoms with Gasteiger partial charge in [-0.25, -0.2) is 0 Å². The minimum atomic E-state index is -4.40. The van der Waals surface area contributed by atoms with Crippen molar-refractivity contribution in [3.63, 3.8) is 0 Å². The standard InChI is InChI=1S/C14H11ClF3NO/c15-12-5-2-6-13(19)11(12)8-20-10-4-1-3-9(7-10)14(16,17)18/h1-7H,8,19H2. The highest BCUT2D eigenvalue weighted by Gasteiger charge is 2.30. The van der Waals surface area contributed by atoms with Crippen LogP contribution in [-0.2, 0) is 12.8 Å². The van der Waals surface area contributed by atoms with Gasteiger partial charge in [-0.15, -0.1) is 0 Å². The van der Waals surface area contributed by atoms with Gasteiger partial charge in [-0.05, 0) is 30.3 Å². The number of halogens is 4. The Morgan fingerprint density at radius 3 is 2.45 bits per heavy atom. The van der Waals surface area contributed by atoms with Crippen molar-refractivity contribution >= 4 is 17.3 Å². The summed E-state index contributed by atoms with van der Waals surface area (Å²) in [5.74, 6) is 0.110. The number of anilines is 1. The first-order valence-corrected chi connectivity index (χ1v) is 6.08. The summed E-state index contributed by atoms with van der Waals surface area (Å²) in [6.07, 6.45) is -4.40. The van der Waals surface area contributed by atoms with E-state index in [0.717, 1.165) is 12.1 Å². The molecule has 0 amide bonds. The van der Waals surface area contributed by atoms with E-state index in [1.165, 1.54) is 12.1 Å². The van der Waals surface area contributed by atoms with Crippen LogP contribution in [0.3, 0.4) is 0 Å². The fourth-order valence-electron chi connectivity index (χ4n) is 1.65. The molecule has 2 aromatic carbocycles. The summed E-state index contributed by atoms with van der Waals surface area (Å²) in [7, 11) is 0. The molecule has 2 aromatic rings. The minimum absolute atomic E-state index is 0.00676. The summed E-state index contributed by atoms with van der Waals surface area (Å²) >= 11 is 5.96. The van der Waals surface area contributed by atoms with Crippen LogP contribution in [-0.4, -0.2) is 0 Å². The Hall–Kier alpha value is -1.88. The third-order valence-electron chi connectivity index (χ3n) is 2.70. The highest BCUT2D eigenvalue weighted by atomic mass is 35.5. The molecule has 0 atom stereocenters. The lowest BCUT2D eigenvalue weighted by molar-refractivity contribution is -0.137. The highest BCUT2D eigenvalue weighted by molar-refractivity contribution is 6.31. The Bertz CT molecular complexity index is 593. The second kappa shape index (κ2) is 5.63. The highest BCUT2D eigenvalue weighted by Crippen LogP contribution is 2.32. The molecule has 20 heavy (non-hydrogen) atoms. The maximum absolute atomic E-state index is 12.6. The molecule has 0 unspecified atom stereocenters. The van der Waals surface area contributed by atoms with Crippen LogP contribution in [0.15, 0.2) is 42.5 Å². The van der Waals surface area contributed by atoms with Crippen LogP contribution in [0.2, 0.25) is 5.02 Å². The van der Waals surface area contributed by atoms with E-state index < -0.39 is 11.7 Å². The molecule has 0 aliphatic heterocycles. The monoisotopic (exact) mass is 301 g/mol. The van der Waals surface area contributed by atoms with E-state index in [-0.39, 0.29) is 12.4 Å². The van der Waals surface area contributed by atoms with Crippen molar-refractivity contribution in [2.45, 2.75) is 12.8 Å². The van der Waals surface area contributed by atoms with Crippen molar-refractivity contribution in [1.29, 1.82) is 0 Å². The van der Waals surface area contributed by atoms with Gasteiger partial charge in [0.1, 0.15) is 12.4 Å². The van der Waals surface area contributed by atoms with Crippen LogP contribution >= 0.6 is 11.6 Å². The minimum Gasteiger partial charge on any atom is -0.489 e. The zero-order valence-corrected chi connectivity index (χ0v) is 11.0. The van der Waals surface area contributed by atoms with Crippen LogP contribution in [0.1, 0.15) is 11.1 Å². The number of alkyl halides is 3. The molecule has 0 heterocycles. The number of hydrogen-bond acceptors (Lipinski definition) is 2. The Labute approximate surface area is 118 Å². The lowest BCUT2D eigenvalue weighted by Gasteiger charge is -2.12. The fraction of sp³-hybridized carbons (Fsp3) is 0.143. The van der Waals surface area contributed by atoms with E-state index >= 15 is 0 Å². The first-order chi connectivity index (χ1) is 9.38. The summed E-state index contributed by atoms with van der Waals surface area (Å²) in [4.78, 5) is 0. The van der Waals surface area contributed by atoms with E-state index in [4.69, 9.17) is 22.1 Å². The molecule has 0 saturated heterocycles. The van der Waals surface area contributed by atoms with Crippen molar-refractivity contribution in [2.24, 2.45) is 0 Å². The average molecular weight is 302 g/mol. The van der Waals surface area contributed by atoms with Crippen molar-refractivity contribution in [3.05, 3.63) is 58.6 Å². The Kier molecular flexibility index (Phi) is 4.09. The molecule has 2 N–H and O–H groups in total. The number of nitrogens with two attached hydrogens (primary N) is 1. The molecule has 0 saturated carbocycles. The third kappa shape index (κ3) is 3.36. The number of benzene rings is 2. The fourth-order valence-corrected chi connectivity index (χ4v) is 1.88. The van der Waals surface area contributed by atoms with Gasteiger partial charge < -0.3 is 10.5 Å². The largest absolute Gasteiger partial charge is 0.489 e. The van der Waals surface area contributed by atoms with Crippen molar-refractivity contribution in [2.75, 3.05) is 5.73 Å². The van der Waals surface area contributed by atoms with Crippen molar-refractivity contribution in [3.8, 4) is 5.75 Å². The maximum Gasteiger partial charge on any atom is 0.416 e.